The maximum absolute atomic E-state index is 3.71. The van der Waals surface area contributed by atoms with Gasteiger partial charge < -0.3 is 10.2 Å². The van der Waals surface area contributed by atoms with Gasteiger partial charge in [-0.25, -0.2) is 0 Å². The van der Waals surface area contributed by atoms with Gasteiger partial charge >= 0.3 is 0 Å². The SMILES string of the molecule is CCc1ccc(N2CCNC(CC)(CC)C2)cc1. The van der Waals surface area contributed by atoms with Crippen LogP contribution in [0, 0.1) is 0 Å². The van der Waals surface area contributed by atoms with Crippen molar-refractivity contribution in [2.24, 2.45) is 0 Å². The summed E-state index contributed by atoms with van der Waals surface area (Å²) in [6.07, 6.45) is 3.52. The van der Waals surface area contributed by atoms with Crippen LogP contribution in [0.4, 0.5) is 5.69 Å². The van der Waals surface area contributed by atoms with E-state index in [1.807, 2.05) is 0 Å². The Hall–Kier alpha value is -1.02. The van der Waals surface area contributed by atoms with Gasteiger partial charge in [0, 0.05) is 30.9 Å². The van der Waals surface area contributed by atoms with E-state index in [9.17, 15) is 0 Å². The van der Waals surface area contributed by atoms with Crippen LogP contribution < -0.4 is 10.2 Å². The Morgan fingerprint density at radius 3 is 2.33 bits per heavy atom. The Morgan fingerprint density at radius 2 is 1.78 bits per heavy atom. The Labute approximate surface area is 111 Å². The third-order valence-corrected chi connectivity index (χ3v) is 4.44. The number of hydrogen-bond donors (Lipinski definition) is 1. The fraction of sp³-hybridized carbons (Fsp3) is 0.625. The van der Waals surface area contributed by atoms with E-state index >= 15 is 0 Å². The maximum atomic E-state index is 3.71. The second-order valence-corrected chi connectivity index (χ2v) is 5.36. The van der Waals surface area contributed by atoms with Gasteiger partial charge in [-0.15, -0.1) is 0 Å². The predicted molar refractivity (Wildman–Crippen MR) is 79.3 cm³/mol. The molecule has 0 unspecified atom stereocenters. The monoisotopic (exact) mass is 246 g/mol. The first-order valence-corrected chi connectivity index (χ1v) is 7.32. The summed E-state index contributed by atoms with van der Waals surface area (Å²) >= 11 is 0. The van der Waals surface area contributed by atoms with E-state index < -0.39 is 0 Å². The van der Waals surface area contributed by atoms with Gasteiger partial charge in [-0.05, 0) is 37.0 Å². The van der Waals surface area contributed by atoms with Crippen LogP contribution in [0.15, 0.2) is 24.3 Å². The summed E-state index contributed by atoms with van der Waals surface area (Å²) in [7, 11) is 0. The Balaban J connectivity index is 2.12. The summed E-state index contributed by atoms with van der Waals surface area (Å²) in [5.41, 5.74) is 3.10. The molecule has 0 bridgehead atoms. The molecule has 1 aromatic rings. The van der Waals surface area contributed by atoms with Gasteiger partial charge in [-0.1, -0.05) is 32.9 Å². The normalized spacial score (nSPS) is 18.9. The highest BCUT2D eigenvalue weighted by atomic mass is 15.2. The molecular formula is C16H26N2. The minimum absolute atomic E-state index is 0.307. The standard InChI is InChI=1S/C16H26N2/c1-4-14-7-9-15(10-8-14)18-12-11-17-16(5-2,6-3)13-18/h7-10,17H,4-6,11-13H2,1-3H3. The largest absolute Gasteiger partial charge is 0.368 e. The summed E-state index contributed by atoms with van der Waals surface area (Å²) in [5, 5.41) is 3.71. The first kappa shape index (κ1) is 13.4. The van der Waals surface area contributed by atoms with Crippen molar-refractivity contribution >= 4 is 5.69 Å². The highest BCUT2D eigenvalue weighted by Crippen LogP contribution is 2.24. The number of nitrogens with zero attached hydrogens (tertiary/aromatic N) is 1. The summed E-state index contributed by atoms with van der Waals surface area (Å²) in [6.45, 7) is 10.1. The van der Waals surface area contributed by atoms with Crippen molar-refractivity contribution in [1.29, 1.82) is 0 Å². The number of rotatable bonds is 4. The fourth-order valence-electron chi connectivity index (χ4n) is 2.84. The van der Waals surface area contributed by atoms with E-state index in [0.29, 0.717) is 5.54 Å². The molecule has 1 fully saturated rings. The van der Waals surface area contributed by atoms with E-state index in [-0.39, 0.29) is 0 Å². The zero-order valence-electron chi connectivity index (χ0n) is 12.0. The fourth-order valence-corrected chi connectivity index (χ4v) is 2.84. The molecule has 2 nitrogen and oxygen atoms in total. The average Bonchev–Trinajstić information content (AvgIpc) is 2.47. The Morgan fingerprint density at radius 1 is 1.11 bits per heavy atom. The second-order valence-electron chi connectivity index (χ2n) is 5.36. The van der Waals surface area contributed by atoms with Gasteiger partial charge in [0.05, 0.1) is 0 Å². The molecule has 1 aliphatic heterocycles. The van der Waals surface area contributed by atoms with Crippen molar-refractivity contribution in [3.05, 3.63) is 29.8 Å². The zero-order valence-corrected chi connectivity index (χ0v) is 12.0. The van der Waals surface area contributed by atoms with Crippen LogP contribution in [-0.4, -0.2) is 25.2 Å². The third-order valence-electron chi connectivity index (χ3n) is 4.44. The molecule has 1 saturated heterocycles. The van der Waals surface area contributed by atoms with Crippen molar-refractivity contribution in [3.63, 3.8) is 0 Å². The van der Waals surface area contributed by atoms with Crippen LogP contribution >= 0.6 is 0 Å². The van der Waals surface area contributed by atoms with E-state index in [4.69, 9.17) is 0 Å². The summed E-state index contributed by atoms with van der Waals surface area (Å²) in [6, 6.07) is 9.08. The zero-order chi connectivity index (χ0) is 13.0. The van der Waals surface area contributed by atoms with Gasteiger partial charge in [0.1, 0.15) is 0 Å². The minimum Gasteiger partial charge on any atom is -0.368 e. The van der Waals surface area contributed by atoms with Crippen molar-refractivity contribution < 1.29 is 0 Å². The third kappa shape index (κ3) is 2.69. The van der Waals surface area contributed by atoms with Crippen LogP contribution in [0.2, 0.25) is 0 Å². The first-order valence-electron chi connectivity index (χ1n) is 7.32. The lowest BCUT2D eigenvalue weighted by Crippen LogP contribution is -2.60. The predicted octanol–water partition coefficient (Wildman–Crippen LogP) is 3.22. The molecule has 0 radical (unpaired) electrons. The van der Waals surface area contributed by atoms with Crippen molar-refractivity contribution in [3.8, 4) is 0 Å². The Bertz CT molecular complexity index is 365. The summed E-state index contributed by atoms with van der Waals surface area (Å²) in [5.74, 6) is 0. The second kappa shape index (κ2) is 5.75. The summed E-state index contributed by atoms with van der Waals surface area (Å²) in [4.78, 5) is 2.53. The highest BCUT2D eigenvalue weighted by Gasteiger charge is 2.31. The number of piperazine rings is 1. The molecule has 0 aliphatic carbocycles. The quantitative estimate of drug-likeness (QED) is 0.877. The molecule has 18 heavy (non-hydrogen) atoms. The molecule has 0 saturated carbocycles. The number of nitrogens with one attached hydrogen (secondary N) is 1. The van der Waals surface area contributed by atoms with E-state index in [1.54, 1.807) is 0 Å². The molecule has 1 N–H and O–H groups in total. The summed E-state index contributed by atoms with van der Waals surface area (Å²) < 4.78 is 0. The lowest BCUT2D eigenvalue weighted by atomic mass is 9.90. The number of aryl methyl sites for hydroxylation is 1. The molecule has 1 heterocycles. The highest BCUT2D eigenvalue weighted by molar-refractivity contribution is 5.48. The van der Waals surface area contributed by atoms with E-state index in [2.05, 4.69) is 55.3 Å². The molecule has 1 aromatic carbocycles. The smallest absolute Gasteiger partial charge is 0.0367 e. The maximum Gasteiger partial charge on any atom is 0.0367 e. The molecular weight excluding hydrogens is 220 g/mol. The Kier molecular flexibility index (Phi) is 4.28. The van der Waals surface area contributed by atoms with Gasteiger partial charge in [0.2, 0.25) is 0 Å². The van der Waals surface area contributed by atoms with Crippen LogP contribution in [0.25, 0.3) is 0 Å². The molecule has 1 aliphatic rings. The lowest BCUT2D eigenvalue weighted by Gasteiger charge is -2.44. The van der Waals surface area contributed by atoms with Gasteiger partial charge in [0.25, 0.3) is 0 Å². The molecule has 0 amide bonds. The molecule has 0 aromatic heterocycles. The molecule has 0 spiro atoms. The topological polar surface area (TPSA) is 15.3 Å². The van der Waals surface area contributed by atoms with Crippen molar-refractivity contribution in [1.82, 2.24) is 5.32 Å². The number of hydrogen-bond acceptors (Lipinski definition) is 2. The molecule has 100 valence electrons. The van der Waals surface area contributed by atoms with Crippen LogP contribution in [-0.2, 0) is 6.42 Å². The van der Waals surface area contributed by atoms with Gasteiger partial charge in [-0.2, -0.15) is 0 Å². The van der Waals surface area contributed by atoms with Crippen LogP contribution in [0.1, 0.15) is 39.2 Å². The number of benzene rings is 1. The lowest BCUT2D eigenvalue weighted by molar-refractivity contribution is 0.277. The van der Waals surface area contributed by atoms with Crippen LogP contribution in [0.5, 0.6) is 0 Å². The first-order chi connectivity index (χ1) is 8.73. The van der Waals surface area contributed by atoms with Crippen molar-refractivity contribution in [2.75, 3.05) is 24.5 Å². The van der Waals surface area contributed by atoms with E-state index in [1.165, 1.54) is 24.1 Å². The van der Waals surface area contributed by atoms with Crippen molar-refractivity contribution in [2.45, 2.75) is 45.6 Å². The minimum atomic E-state index is 0.307. The number of anilines is 1. The van der Waals surface area contributed by atoms with E-state index in [0.717, 1.165) is 26.1 Å². The molecule has 2 heteroatoms. The molecule has 2 rings (SSSR count). The van der Waals surface area contributed by atoms with Gasteiger partial charge in [0.15, 0.2) is 0 Å². The average molecular weight is 246 g/mol. The van der Waals surface area contributed by atoms with Gasteiger partial charge in [-0.3, -0.25) is 0 Å². The van der Waals surface area contributed by atoms with Crippen LogP contribution in [0.3, 0.4) is 0 Å². The molecule has 0 atom stereocenters.